The summed E-state index contributed by atoms with van der Waals surface area (Å²) in [4.78, 5) is 38.7. The summed E-state index contributed by atoms with van der Waals surface area (Å²) in [7, 11) is 0. The highest BCUT2D eigenvalue weighted by molar-refractivity contribution is 5.95. The Morgan fingerprint density at radius 2 is 1.67 bits per heavy atom. The van der Waals surface area contributed by atoms with Gasteiger partial charge >= 0.3 is 6.03 Å². The Morgan fingerprint density at radius 3 is 2.21 bits per heavy atom. The highest BCUT2D eigenvalue weighted by Crippen LogP contribution is 2.17. The van der Waals surface area contributed by atoms with Crippen molar-refractivity contribution in [1.29, 1.82) is 0 Å². The summed E-state index contributed by atoms with van der Waals surface area (Å²) < 4.78 is 0. The smallest absolute Gasteiger partial charge is 0.321 e. The lowest BCUT2D eigenvalue weighted by Gasteiger charge is -2.35. The van der Waals surface area contributed by atoms with Gasteiger partial charge in [-0.2, -0.15) is 0 Å². The van der Waals surface area contributed by atoms with Gasteiger partial charge in [-0.15, -0.1) is 0 Å². The predicted octanol–water partition coefficient (Wildman–Crippen LogP) is 0.857. The molecular formula is C17H24N4O3. The van der Waals surface area contributed by atoms with Crippen molar-refractivity contribution in [2.45, 2.75) is 13.8 Å². The zero-order chi connectivity index (χ0) is 17.5. The van der Waals surface area contributed by atoms with Crippen LogP contribution in [-0.2, 0) is 4.79 Å². The fourth-order valence-electron chi connectivity index (χ4n) is 2.65. The van der Waals surface area contributed by atoms with Crippen LogP contribution < -0.4 is 15.5 Å². The summed E-state index contributed by atoms with van der Waals surface area (Å²) in [6.07, 6.45) is 0. The number of anilines is 1. The molecule has 1 aromatic rings. The second-order valence-corrected chi connectivity index (χ2v) is 5.77. The Kier molecular flexibility index (Phi) is 6.31. The molecule has 1 aliphatic heterocycles. The average Bonchev–Trinajstić information content (AvgIpc) is 2.55. The van der Waals surface area contributed by atoms with Gasteiger partial charge in [-0.05, 0) is 38.1 Å². The predicted molar refractivity (Wildman–Crippen MR) is 92.3 cm³/mol. The number of urea groups is 1. The second kappa shape index (κ2) is 8.44. The highest BCUT2D eigenvalue weighted by atomic mass is 16.2. The number of amides is 3. The van der Waals surface area contributed by atoms with Crippen LogP contribution >= 0.6 is 0 Å². The van der Waals surface area contributed by atoms with Gasteiger partial charge in [0.15, 0.2) is 5.78 Å². The van der Waals surface area contributed by atoms with Gasteiger partial charge in [0.05, 0.1) is 6.54 Å². The van der Waals surface area contributed by atoms with E-state index in [1.54, 1.807) is 13.8 Å². The van der Waals surface area contributed by atoms with Crippen LogP contribution in [0.5, 0.6) is 0 Å². The molecule has 0 unspecified atom stereocenters. The third kappa shape index (κ3) is 5.06. The molecule has 0 aromatic heterocycles. The number of hydrogen-bond donors (Lipinski definition) is 2. The summed E-state index contributed by atoms with van der Waals surface area (Å²) in [6.45, 7) is 7.15. The van der Waals surface area contributed by atoms with Crippen LogP contribution in [0.1, 0.15) is 24.2 Å². The fraction of sp³-hybridized carbons (Fsp3) is 0.471. The molecule has 1 fully saturated rings. The Bertz CT molecular complexity index is 592. The van der Waals surface area contributed by atoms with Crippen LogP contribution in [0.25, 0.3) is 0 Å². The minimum Gasteiger partial charge on any atom is -0.369 e. The molecule has 130 valence electrons. The molecule has 24 heavy (non-hydrogen) atoms. The fourth-order valence-corrected chi connectivity index (χ4v) is 2.65. The summed E-state index contributed by atoms with van der Waals surface area (Å²) in [5.74, 6) is -0.232. The first-order chi connectivity index (χ1) is 11.5. The molecule has 1 aliphatic rings. The zero-order valence-electron chi connectivity index (χ0n) is 14.2. The lowest BCUT2D eigenvalue weighted by Crippen LogP contribution is -2.51. The van der Waals surface area contributed by atoms with Gasteiger partial charge in [0.1, 0.15) is 0 Å². The molecule has 3 amide bonds. The van der Waals surface area contributed by atoms with Gasteiger partial charge < -0.3 is 10.2 Å². The maximum Gasteiger partial charge on any atom is 0.321 e. The Morgan fingerprint density at radius 1 is 1.04 bits per heavy atom. The molecule has 0 atom stereocenters. The van der Waals surface area contributed by atoms with E-state index in [9.17, 15) is 14.4 Å². The molecule has 1 aromatic carbocycles. The van der Waals surface area contributed by atoms with E-state index in [1.165, 1.54) is 0 Å². The highest BCUT2D eigenvalue weighted by Gasteiger charge is 2.20. The van der Waals surface area contributed by atoms with Gasteiger partial charge in [0.25, 0.3) is 0 Å². The van der Waals surface area contributed by atoms with Gasteiger partial charge in [-0.1, -0.05) is 0 Å². The molecule has 7 heteroatoms. The lowest BCUT2D eigenvalue weighted by molar-refractivity contribution is -0.121. The molecule has 7 nitrogen and oxygen atoms in total. The van der Waals surface area contributed by atoms with Crippen LogP contribution in [0.2, 0.25) is 0 Å². The maximum absolute atomic E-state index is 11.8. The third-order valence-corrected chi connectivity index (χ3v) is 3.97. The summed E-state index contributed by atoms with van der Waals surface area (Å²) in [5.41, 5.74) is 1.78. The van der Waals surface area contributed by atoms with E-state index in [0.29, 0.717) is 12.1 Å². The van der Waals surface area contributed by atoms with Crippen molar-refractivity contribution in [2.24, 2.45) is 0 Å². The molecule has 0 spiro atoms. The van der Waals surface area contributed by atoms with E-state index in [4.69, 9.17) is 0 Å². The number of Topliss-reactive ketones (excluding diaryl/α,β-unsaturated/α-hetero) is 1. The normalized spacial score (nSPS) is 15.0. The molecule has 1 heterocycles. The number of ketones is 1. The minimum absolute atomic E-state index is 0.0597. The van der Waals surface area contributed by atoms with E-state index in [2.05, 4.69) is 15.5 Å². The third-order valence-electron chi connectivity index (χ3n) is 3.97. The Labute approximate surface area is 142 Å². The molecule has 0 bridgehead atoms. The number of nitrogens with one attached hydrogen (secondary N) is 2. The number of imide groups is 1. The van der Waals surface area contributed by atoms with Crippen molar-refractivity contribution in [1.82, 2.24) is 15.5 Å². The van der Waals surface area contributed by atoms with Crippen molar-refractivity contribution < 1.29 is 14.4 Å². The largest absolute Gasteiger partial charge is 0.369 e. The van der Waals surface area contributed by atoms with Crippen molar-refractivity contribution in [3.05, 3.63) is 29.8 Å². The number of benzene rings is 1. The maximum atomic E-state index is 11.8. The number of carbonyl (C=O) groups is 3. The molecule has 2 rings (SSSR count). The Hall–Kier alpha value is -2.41. The summed E-state index contributed by atoms with van der Waals surface area (Å²) >= 11 is 0. The van der Waals surface area contributed by atoms with Crippen LogP contribution in [0.15, 0.2) is 24.3 Å². The van der Waals surface area contributed by atoms with E-state index >= 15 is 0 Å². The quantitative estimate of drug-likeness (QED) is 0.782. The van der Waals surface area contributed by atoms with Crippen molar-refractivity contribution in [2.75, 3.05) is 44.2 Å². The van der Waals surface area contributed by atoms with Gasteiger partial charge in [-0.3, -0.25) is 19.8 Å². The van der Waals surface area contributed by atoms with Crippen molar-refractivity contribution in [3.63, 3.8) is 0 Å². The number of hydrogen-bond acceptors (Lipinski definition) is 5. The lowest BCUT2D eigenvalue weighted by atomic mass is 10.1. The average molecular weight is 332 g/mol. The van der Waals surface area contributed by atoms with Crippen LogP contribution in [0, 0.1) is 0 Å². The number of carbonyl (C=O) groups excluding carboxylic acids is 3. The topological polar surface area (TPSA) is 81.8 Å². The van der Waals surface area contributed by atoms with Crippen molar-refractivity contribution >= 4 is 23.4 Å². The van der Waals surface area contributed by atoms with Gasteiger partial charge in [0.2, 0.25) is 5.91 Å². The van der Waals surface area contributed by atoms with Crippen molar-refractivity contribution in [3.8, 4) is 0 Å². The van der Waals surface area contributed by atoms with Crippen LogP contribution in [0.4, 0.5) is 10.5 Å². The molecule has 1 saturated heterocycles. The van der Waals surface area contributed by atoms with E-state index in [1.807, 2.05) is 29.2 Å². The van der Waals surface area contributed by atoms with Gasteiger partial charge in [0, 0.05) is 44.0 Å². The monoisotopic (exact) mass is 332 g/mol. The first kappa shape index (κ1) is 17.9. The molecule has 0 radical (unpaired) electrons. The van der Waals surface area contributed by atoms with E-state index < -0.39 is 6.03 Å². The Balaban J connectivity index is 1.79. The van der Waals surface area contributed by atoms with Crippen LogP contribution in [0.3, 0.4) is 0 Å². The van der Waals surface area contributed by atoms with E-state index in [0.717, 1.165) is 31.9 Å². The summed E-state index contributed by atoms with van der Waals surface area (Å²) in [5, 5.41) is 4.84. The first-order valence-electron chi connectivity index (χ1n) is 8.15. The number of rotatable bonds is 5. The standard InChI is InChI=1S/C17H24N4O3/c1-3-18-17(24)19-16(23)12-20-8-10-21(11-9-20)15-6-4-14(5-7-15)13(2)22/h4-7H,3,8-12H2,1-2H3,(H2,18,19,23,24). The molecule has 0 saturated carbocycles. The molecule has 0 aliphatic carbocycles. The number of piperazine rings is 1. The SMILES string of the molecule is CCNC(=O)NC(=O)CN1CCN(c2ccc(C(C)=O)cc2)CC1. The minimum atomic E-state index is -0.452. The zero-order valence-corrected chi connectivity index (χ0v) is 14.2. The summed E-state index contributed by atoms with van der Waals surface area (Å²) in [6, 6.07) is 7.13. The number of nitrogens with zero attached hydrogens (tertiary/aromatic N) is 2. The first-order valence-corrected chi connectivity index (χ1v) is 8.15. The molecular weight excluding hydrogens is 308 g/mol. The second-order valence-electron chi connectivity index (χ2n) is 5.77. The van der Waals surface area contributed by atoms with E-state index in [-0.39, 0.29) is 18.2 Å². The van der Waals surface area contributed by atoms with Gasteiger partial charge in [-0.25, -0.2) is 4.79 Å². The van der Waals surface area contributed by atoms with Crippen LogP contribution in [-0.4, -0.2) is 61.9 Å². The molecule has 2 N–H and O–H groups in total.